The van der Waals surface area contributed by atoms with Crippen LogP contribution in [0.25, 0.3) is 0 Å². The van der Waals surface area contributed by atoms with Gasteiger partial charge in [-0.25, -0.2) is 9.78 Å². The van der Waals surface area contributed by atoms with Crippen molar-refractivity contribution in [2.24, 2.45) is 0 Å². The number of nitrogens with zero attached hydrogens (tertiary/aromatic N) is 2. The van der Waals surface area contributed by atoms with Crippen LogP contribution in [0.15, 0.2) is 29.1 Å². The van der Waals surface area contributed by atoms with Gasteiger partial charge in [0.2, 0.25) is 0 Å². The van der Waals surface area contributed by atoms with E-state index < -0.39 is 5.97 Å². The maximum Gasteiger partial charge on any atom is 0.339 e. The van der Waals surface area contributed by atoms with Crippen molar-refractivity contribution in [1.82, 2.24) is 4.98 Å². The maximum atomic E-state index is 11.3. The van der Waals surface area contributed by atoms with Gasteiger partial charge in [0, 0.05) is 5.38 Å². The van der Waals surface area contributed by atoms with E-state index in [2.05, 4.69) is 16.8 Å². The molecule has 0 bridgehead atoms. The minimum Gasteiger partial charge on any atom is -0.489 e. The molecule has 1 aromatic carbocycles. The molecule has 0 saturated heterocycles. The molecule has 0 fully saturated rings. The molecule has 1 N–H and O–H groups in total. The molecule has 2 aromatic rings. The summed E-state index contributed by atoms with van der Waals surface area (Å²) in [6.07, 6.45) is 0. The van der Waals surface area contributed by atoms with E-state index in [-0.39, 0.29) is 11.6 Å². The van der Waals surface area contributed by atoms with Crippen molar-refractivity contribution in [3.05, 3.63) is 40.3 Å². The Bertz CT molecular complexity index is 627. The number of hydrogen-bond donors (Lipinski definition) is 1. The average molecular weight is 290 g/mol. The number of carbonyl (C=O) groups is 1. The predicted molar refractivity (Wildman–Crippen MR) is 76.8 cm³/mol. The number of aromatic nitrogens is 1. The van der Waals surface area contributed by atoms with Gasteiger partial charge in [-0.3, -0.25) is 0 Å². The third-order valence-electron chi connectivity index (χ3n) is 3.46. The highest BCUT2D eigenvalue weighted by atomic mass is 32.1. The topological polar surface area (TPSA) is 62.7 Å². The lowest BCUT2D eigenvalue weighted by atomic mass is 10.1. The van der Waals surface area contributed by atoms with Crippen LogP contribution in [-0.4, -0.2) is 29.2 Å². The molecule has 2 heterocycles. The van der Waals surface area contributed by atoms with Gasteiger partial charge in [-0.05, 0) is 19.1 Å². The van der Waals surface area contributed by atoms with Gasteiger partial charge in [0.1, 0.15) is 12.2 Å². The summed E-state index contributed by atoms with van der Waals surface area (Å²) in [5.74, 6) is -0.515. The molecule has 20 heavy (non-hydrogen) atoms. The molecule has 0 aliphatic carbocycles. The van der Waals surface area contributed by atoms with Crippen molar-refractivity contribution in [2.75, 3.05) is 18.1 Å². The number of fused-ring (bicyclic) bond motifs is 1. The largest absolute Gasteiger partial charge is 0.489 e. The molecule has 1 unspecified atom stereocenters. The molecule has 1 aliphatic rings. The van der Waals surface area contributed by atoms with Crippen LogP contribution in [-0.2, 0) is 0 Å². The van der Waals surface area contributed by atoms with Crippen LogP contribution in [0.2, 0.25) is 0 Å². The standard InChI is InChI=1S/C14H14N2O3S/c1-9(11-7-20-8-15-11)16-5-6-19-13-10(14(17)18)3-2-4-12(13)16/h2-4,7-9H,5-6H2,1H3,(H,17,18). The average Bonchev–Trinajstić information content (AvgIpc) is 2.99. The molecule has 0 amide bonds. The SMILES string of the molecule is CC(c1cscn1)N1CCOc2c(C(=O)O)cccc21. The maximum absolute atomic E-state index is 11.3. The first-order valence-corrected chi connectivity index (χ1v) is 7.26. The van der Waals surface area contributed by atoms with Gasteiger partial charge in [0.15, 0.2) is 5.75 Å². The summed E-state index contributed by atoms with van der Waals surface area (Å²) in [4.78, 5) is 17.7. The zero-order valence-corrected chi connectivity index (χ0v) is 11.8. The van der Waals surface area contributed by atoms with Crippen LogP contribution in [0.4, 0.5) is 5.69 Å². The van der Waals surface area contributed by atoms with Gasteiger partial charge in [-0.1, -0.05) is 6.07 Å². The number of anilines is 1. The molecule has 1 aliphatic heterocycles. The highest BCUT2D eigenvalue weighted by molar-refractivity contribution is 7.07. The summed E-state index contributed by atoms with van der Waals surface area (Å²) in [5, 5.41) is 11.3. The summed E-state index contributed by atoms with van der Waals surface area (Å²) in [7, 11) is 0. The number of ether oxygens (including phenoxy) is 1. The molecular formula is C14H14N2O3S. The number of carboxylic acids is 1. The smallest absolute Gasteiger partial charge is 0.339 e. The van der Waals surface area contributed by atoms with E-state index in [4.69, 9.17) is 4.74 Å². The van der Waals surface area contributed by atoms with E-state index in [9.17, 15) is 9.90 Å². The Balaban J connectivity index is 2.02. The summed E-state index contributed by atoms with van der Waals surface area (Å²) in [6.45, 7) is 3.26. The van der Waals surface area contributed by atoms with Crippen LogP contribution in [0.1, 0.15) is 29.0 Å². The van der Waals surface area contributed by atoms with Gasteiger partial charge < -0.3 is 14.7 Å². The normalized spacial score (nSPS) is 15.3. The molecule has 5 nitrogen and oxygen atoms in total. The summed E-state index contributed by atoms with van der Waals surface area (Å²) in [6, 6.07) is 5.30. The highest BCUT2D eigenvalue weighted by Crippen LogP contribution is 2.39. The van der Waals surface area contributed by atoms with Crippen molar-refractivity contribution >= 4 is 23.0 Å². The lowest BCUT2D eigenvalue weighted by molar-refractivity contribution is 0.0692. The zero-order chi connectivity index (χ0) is 14.1. The molecule has 0 radical (unpaired) electrons. The molecule has 3 rings (SSSR count). The third kappa shape index (κ3) is 2.12. The minimum absolute atomic E-state index is 0.0907. The number of rotatable bonds is 3. The fraction of sp³-hybridized carbons (Fsp3) is 0.286. The van der Waals surface area contributed by atoms with Crippen LogP contribution < -0.4 is 9.64 Å². The van der Waals surface area contributed by atoms with Crippen LogP contribution >= 0.6 is 11.3 Å². The van der Waals surface area contributed by atoms with Gasteiger partial charge in [-0.2, -0.15) is 0 Å². The second-order valence-corrected chi connectivity index (χ2v) is 5.31. The van der Waals surface area contributed by atoms with Crippen molar-refractivity contribution in [1.29, 1.82) is 0 Å². The van der Waals surface area contributed by atoms with E-state index in [1.54, 1.807) is 29.0 Å². The minimum atomic E-state index is -0.968. The van der Waals surface area contributed by atoms with E-state index in [1.807, 2.05) is 11.4 Å². The van der Waals surface area contributed by atoms with Crippen molar-refractivity contribution < 1.29 is 14.6 Å². The predicted octanol–water partition coefficient (Wildman–Crippen LogP) is 2.80. The lowest BCUT2D eigenvalue weighted by Gasteiger charge is -2.35. The Labute approximate surface area is 120 Å². The van der Waals surface area contributed by atoms with Gasteiger partial charge >= 0.3 is 5.97 Å². The van der Waals surface area contributed by atoms with Gasteiger partial charge in [0.05, 0.1) is 29.5 Å². The first-order valence-electron chi connectivity index (χ1n) is 6.32. The van der Waals surface area contributed by atoms with Crippen LogP contribution in [0, 0.1) is 0 Å². The Morgan fingerprint density at radius 3 is 3.10 bits per heavy atom. The quantitative estimate of drug-likeness (QED) is 0.941. The molecule has 104 valence electrons. The molecule has 0 spiro atoms. The lowest BCUT2D eigenvalue weighted by Crippen LogP contribution is -2.35. The highest BCUT2D eigenvalue weighted by Gasteiger charge is 2.27. The Morgan fingerprint density at radius 2 is 2.40 bits per heavy atom. The number of aromatic carboxylic acids is 1. The van der Waals surface area contributed by atoms with E-state index in [0.29, 0.717) is 12.4 Å². The molecule has 1 aromatic heterocycles. The fourth-order valence-corrected chi connectivity index (χ4v) is 3.07. The Kier molecular flexibility index (Phi) is 3.31. The summed E-state index contributed by atoms with van der Waals surface area (Å²) >= 11 is 1.56. The van der Waals surface area contributed by atoms with Crippen LogP contribution in [0.3, 0.4) is 0 Å². The summed E-state index contributed by atoms with van der Waals surface area (Å²) in [5.41, 5.74) is 3.82. The van der Waals surface area contributed by atoms with Gasteiger partial charge in [0.25, 0.3) is 0 Å². The number of benzene rings is 1. The summed E-state index contributed by atoms with van der Waals surface area (Å²) < 4.78 is 5.57. The number of carboxylic acid groups (broad SMARTS) is 1. The number of para-hydroxylation sites is 1. The molecule has 1 atom stereocenters. The van der Waals surface area contributed by atoms with E-state index in [0.717, 1.165) is 17.9 Å². The molecular weight excluding hydrogens is 276 g/mol. The Morgan fingerprint density at radius 1 is 1.55 bits per heavy atom. The second-order valence-electron chi connectivity index (χ2n) is 4.59. The fourth-order valence-electron chi connectivity index (χ4n) is 2.43. The third-order valence-corrected chi connectivity index (χ3v) is 4.06. The number of hydrogen-bond acceptors (Lipinski definition) is 5. The second kappa shape index (κ2) is 5.13. The van der Waals surface area contributed by atoms with E-state index in [1.165, 1.54) is 0 Å². The van der Waals surface area contributed by atoms with Crippen LogP contribution in [0.5, 0.6) is 5.75 Å². The van der Waals surface area contributed by atoms with Crippen molar-refractivity contribution in [3.8, 4) is 5.75 Å². The van der Waals surface area contributed by atoms with Gasteiger partial charge in [-0.15, -0.1) is 11.3 Å². The Hall–Kier alpha value is -2.08. The van der Waals surface area contributed by atoms with Crippen molar-refractivity contribution in [2.45, 2.75) is 13.0 Å². The monoisotopic (exact) mass is 290 g/mol. The van der Waals surface area contributed by atoms with E-state index >= 15 is 0 Å². The first kappa shape index (κ1) is 12.9. The molecule has 6 heteroatoms. The zero-order valence-electron chi connectivity index (χ0n) is 10.9. The molecule has 0 saturated carbocycles. The first-order chi connectivity index (χ1) is 9.68. The van der Waals surface area contributed by atoms with Crippen molar-refractivity contribution in [3.63, 3.8) is 0 Å². The number of thiazole rings is 1.